The summed E-state index contributed by atoms with van der Waals surface area (Å²) in [6.07, 6.45) is 3.47. The van der Waals surface area contributed by atoms with Gasteiger partial charge >= 0.3 is 0 Å². The largest absolute Gasteiger partial charge is 0.384 e. The molecule has 0 unspecified atom stereocenters. The highest BCUT2D eigenvalue weighted by Gasteiger charge is 2.18. The van der Waals surface area contributed by atoms with E-state index < -0.39 is 0 Å². The summed E-state index contributed by atoms with van der Waals surface area (Å²) in [5.74, 6) is 0.889. The van der Waals surface area contributed by atoms with Gasteiger partial charge in [0.2, 0.25) is 0 Å². The summed E-state index contributed by atoms with van der Waals surface area (Å²) in [7, 11) is 0. The maximum absolute atomic E-state index is 5.87. The van der Waals surface area contributed by atoms with Crippen molar-refractivity contribution in [2.75, 3.05) is 5.73 Å². The zero-order valence-corrected chi connectivity index (χ0v) is 6.80. The molecule has 1 aromatic rings. The zero-order chi connectivity index (χ0) is 7.84. The molecule has 1 aromatic heterocycles. The van der Waals surface area contributed by atoms with Crippen LogP contribution >= 0.6 is 0 Å². The van der Waals surface area contributed by atoms with Crippen LogP contribution in [0.4, 0.5) is 5.82 Å². The highest BCUT2D eigenvalue weighted by molar-refractivity contribution is 5.45. The molecule has 2 N–H and O–H groups in total. The van der Waals surface area contributed by atoms with Crippen LogP contribution in [0.3, 0.4) is 0 Å². The van der Waals surface area contributed by atoms with Crippen LogP contribution in [0.1, 0.15) is 24.6 Å². The smallest absolute Gasteiger partial charge is 0.125 e. The number of nitrogen functional groups attached to an aromatic ring is 1. The zero-order valence-electron chi connectivity index (χ0n) is 6.80. The van der Waals surface area contributed by atoms with Gasteiger partial charge in [0.15, 0.2) is 0 Å². The third-order valence-corrected chi connectivity index (χ3v) is 2.32. The molecule has 0 amide bonds. The first-order valence-electron chi connectivity index (χ1n) is 4.17. The van der Waals surface area contributed by atoms with E-state index in [0.717, 1.165) is 25.2 Å². The molecule has 3 heteroatoms. The van der Waals surface area contributed by atoms with E-state index in [2.05, 4.69) is 12.0 Å². The highest BCUT2D eigenvalue weighted by Crippen LogP contribution is 2.25. The number of hydrogen-bond acceptors (Lipinski definition) is 2. The number of aryl methyl sites for hydroxylation is 2. The van der Waals surface area contributed by atoms with Gasteiger partial charge in [-0.1, -0.05) is 0 Å². The first kappa shape index (κ1) is 6.70. The summed E-state index contributed by atoms with van der Waals surface area (Å²) in [5, 5.41) is 4.40. The normalized spacial score (nSPS) is 15.4. The minimum atomic E-state index is 0.888. The van der Waals surface area contributed by atoms with Gasteiger partial charge in [-0.2, -0.15) is 5.10 Å². The number of fused-ring (bicyclic) bond motifs is 1. The molecule has 0 aliphatic heterocycles. The summed E-state index contributed by atoms with van der Waals surface area (Å²) >= 11 is 0. The minimum Gasteiger partial charge on any atom is -0.384 e. The Morgan fingerprint density at radius 3 is 3.00 bits per heavy atom. The van der Waals surface area contributed by atoms with Crippen LogP contribution in [0.25, 0.3) is 0 Å². The van der Waals surface area contributed by atoms with Gasteiger partial charge in [-0.3, -0.25) is 0 Å². The van der Waals surface area contributed by atoms with Gasteiger partial charge in [0.05, 0.1) is 5.69 Å². The van der Waals surface area contributed by atoms with Crippen molar-refractivity contribution >= 4 is 5.82 Å². The van der Waals surface area contributed by atoms with Crippen LogP contribution in [0.2, 0.25) is 0 Å². The van der Waals surface area contributed by atoms with E-state index in [1.54, 1.807) is 0 Å². The Labute approximate surface area is 66.2 Å². The van der Waals surface area contributed by atoms with Crippen molar-refractivity contribution in [2.24, 2.45) is 0 Å². The Balaban J connectivity index is 2.49. The van der Waals surface area contributed by atoms with Crippen molar-refractivity contribution < 1.29 is 0 Å². The topological polar surface area (TPSA) is 43.8 Å². The van der Waals surface area contributed by atoms with Crippen molar-refractivity contribution in [2.45, 2.75) is 32.7 Å². The molecular weight excluding hydrogens is 138 g/mol. The fraction of sp³-hybridized carbons (Fsp3) is 0.625. The number of anilines is 1. The van der Waals surface area contributed by atoms with Crippen LogP contribution in [-0.2, 0) is 19.4 Å². The van der Waals surface area contributed by atoms with Gasteiger partial charge < -0.3 is 5.73 Å². The Hall–Kier alpha value is -0.990. The molecule has 1 aliphatic rings. The third-order valence-electron chi connectivity index (χ3n) is 2.32. The van der Waals surface area contributed by atoms with E-state index in [1.807, 2.05) is 4.68 Å². The predicted molar refractivity (Wildman–Crippen MR) is 44.3 cm³/mol. The van der Waals surface area contributed by atoms with Crippen molar-refractivity contribution in [3.8, 4) is 0 Å². The summed E-state index contributed by atoms with van der Waals surface area (Å²) in [4.78, 5) is 0. The molecule has 3 nitrogen and oxygen atoms in total. The molecule has 0 fully saturated rings. The van der Waals surface area contributed by atoms with Crippen LogP contribution in [0.5, 0.6) is 0 Å². The average Bonchev–Trinajstić information content (AvgIpc) is 2.53. The molecule has 0 spiro atoms. The number of nitrogens with two attached hydrogens (primary N) is 1. The molecule has 11 heavy (non-hydrogen) atoms. The monoisotopic (exact) mass is 151 g/mol. The second kappa shape index (κ2) is 2.26. The lowest BCUT2D eigenvalue weighted by Crippen LogP contribution is -2.03. The van der Waals surface area contributed by atoms with E-state index in [9.17, 15) is 0 Å². The Morgan fingerprint density at radius 2 is 2.36 bits per heavy atom. The van der Waals surface area contributed by atoms with Crippen molar-refractivity contribution in [3.63, 3.8) is 0 Å². The van der Waals surface area contributed by atoms with Crippen molar-refractivity contribution in [1.82, 2.24) is 9.78 Å². The van der Waals surface area contributed by atoms with E-state index in [4.69, 9.17) is 5.73 Å². The quantitative estimate of drug-likeness (QED) is 0.650. The molecule has 0 radical (unpaired) electrons. The summed E-state index contributed by atoms with van der Waals surface area (Å²) in [6, 6.07) is 0. The molecule has 60 valence electrons. The number of nitrogens with zero attached hydrogens (tertiary/aromatic N) is 2. The molecule has 1 aliphatic carbocycles. The SMILES string of the molecule is CCn1nc2c(c1N)CCC2. The van der Waals surface area contributed by atoms with Gasteiger partial charge in [-0.25, -0.2) is 4.68 Å². The minimum absolute atomic E-state index is 0.888. The first-order chi connectivity index (χ1) is 5.33. The number of hydrogen-bond donors (Lipinski definition) is 1. The molecule has 2 rings (SSSR count). The molecule has 0 saturated heterocycles. The number of aromatic nitrogens is 2. The highest BCUT2D eigenvalue weighted by atomic mass is 15.3. The van der Waals surface area contributed by atoms with Gasteiger partial charge in [0, 0.05) is 12.1 Å². The standard InChI is InChI=1S/C8H13N3/c1-2-11-8(9)6-4-3-5-7(6)10-11/h2-5,9H2,1H3. The van der Waals surface area contributed by atoms with E-state index in [1.165, 1.54) is 17.7 Å². The van der Waals surface area contributed by atoms with Crippen molar-refractivity contribution in [3.05, 3.63) is 11.3 Å². The molecule has 0 bridgehead atoms. The van der Waals surface area contributed by atoms with Crippen LogP contribution in [0, 0.1) is 0 Å². The summed E-state index contributed by atoms with van der Waals surface area (Å²) < 4.78 is 1.89. The third kappa shape index (κ3) is 0.836. The molecule has 0 aromatic carbocycles. The first-order valence-corrected chi connectivity index (χ1v) is 4.17. The maximum Gasteiger partial charge on any atom is 0.125 e. The fourth-order valence-electron chi connectivity index (χ4n) is 1.71. The maximum atomic E-state index is 5.87. The Bertz CT molecular complexity index is 274. The molecule has 0 saturated carbocycles. The van der Waals surface area contributed by atoms with Crippen LogP contribution in [-0.4, -0.2) is 9.78 Å². The van der Waals surface area contributed by atoms with E-state index in [0.29, 0.717) is 0 Å². The second-order valence-electron chi connectivity index (χ2n) is 2.98. The lowest BCUT2D eigenvalue weighted by Gasteiger charge is -1.99. The van der Waals surface area contributed by atoms with E-state index >= 15 is 0 Å². The second-order valence-corrected chi connectivity index (χ2v) is 2.98. The van der Waals surface area contributed by atoms with Gasteiger partial charge in [0.25, 0.3) is 0 Å². The van der Waals surface area contributed by atoms with Crippen LogP contribution < -0.4 is 5.73 Å². The average molecular weight is 151 g/mol. The van der Waals surface area contributed by atoms with Crippen LogP contribution in [0.15, 0.2) is 0 Å². The van der Waals surface area contributed by atoms with Gasteiger partial charge in [-0.15, -0.1) is 0 Å². The Kier molecular flexibility index (Phi) is 1.37. The van der Waals surface area contributed by atoms with E-state index in [-0.39, 0.29) is 0 Å². The number of rotatable bonds is 1. The van der Waals surface area contributed by atoms with Gasteiger partial charge in [-0.05, 0) is 26.2 Å². The lowest BCUT2D eigenvalue weighted by molar-refractivity contribution is 0.650. The molecule has 1 heterocycles. The predicted octanol–water partition coefficient (Wildman–Crippen LogP) is 0.974. The summed E-state index contributed by atoms with van der Waals surface area (Å²) in [6.45, 7) is 2.96. The van der Waals surface area contributed by atoms with Crippen molar-refractivity contribution in [1.29, 1.82) is 0 Å². The molecular formula is C8H13N3. The fourth-order valence-corrected chi connectivity index (χ4v) is 1.71. The Morgan fingerprint density at radius 1 is 1.55 bits per heavy atom. The summed E-state index contributed by atoms with van der Waals surface area (Å²) in [5.41, 5.74) is 8.39. The molecule has 0 atom stereocenters. The lowest BCUT2D eigenvalue weighted by atomic mass is 10.3. The van der Waals surface area contributed by atoms with Gasteiger partial charge in [0.1, 0.15) is 5.82 Å².